The maximum atomic E-state index is 3.45. The van der Waals surface area contributed by atoms with E-state index in [2.05, 4.69) is 56.4 Å². The maximum Gasteiger partial charge on any atom is 0.0217 e. The van der Waals surface area contributed by atoms with E-state index in [0.717, 1.165) is 18.3 Å². The van der Waals surface area contributed by atoms with Crippen molar-refractivity contribution < 1.29 is 0 Å². The monoisotopic (exact) mass is 376 g/mol. The predicted octanol–water partition coefficient (Wildman–Crippen LogP) is 6.07. The number of rotatable bonds is 13. The van der Waals surface area contributed by atoms with Gasteiger partial charge in [0, 0.05) is 32.0 Å². The maximum absolute atomic E-state index is 3.45. The van der Waals surface area contributed by atoms with E-state index in [4.69, 9.17) is 0 Å². The van der Waals surface area contributed by atoms with Crippen LogP contribution in [-0.2, 0) is 0 Å². The van der Waals surface area contributed by atoms with Gasteiger partial charge in [0.2, 0.25) is 0 Å². The number of likely N-dealkylation sites (tertiary alicyclic amines) is 1. The first kappa shape index (κ1) is 24.5. The third kappa shape index (κ3) is 11.2. The van der Waals surface area contributed by atoms with E-state index in [1.165, 1.54) is 90.5 Å². The summed E-state index contributed by atoms with van der Waals surface area (Å²) in [5, 5.41) is 0. The summed E-state index contributed by atoms with van der Waals surface area (Å²) in [6.07, 6.45) is 13.1. The van der Waals surface area contributed by atoms with Gasteiger partial charge in [-0.05, 0) is 70.5 Å². The van der Waals surface area contributed by atoms with Crippen molar-refractivity contribution in [1.29, 1.82) is 0 Å². The Hall–Kier alpha value is -0.520. The van der Waals surface area contributed by atoms with Crippen LogP contribution >= 0.6 is 0 Å². The molecule has 1 saturated heterocycles. The molecule has 1 rings (SSSR count). The number of piperidine rings is 1. The highest BCUT2D eigenvalue weighted by molar-refractivity contribution is 5.03. The molecule has 0 aromatic carbocycles. The molecule has 1 fully saturated rings. The van der Waals surface area contributed by atoms with E-state index in [1.54, 1.807) is 0 Å². The van der Waals surface area contributed by atoms with E-state index < -0.39 is 0 Å². The average molecular weight is 377 g/mol. The molecule has 158 valence electrons. The summed E-state index contributed by atoms with van der Waals surface area (Å²) < 4.78 is 0. The molecule has 1 unspecified atom stereocenters. The van der Waals surface area contributed by atoms with Crippen molar-refractivity contribution >= 4 is 0 Å². The molecular formula is C25H48N2. The Morgan fingerprint density at radius 3 is 2.30 bits per heavy atom. The second-order valence-electron chi connectivity index (χ2n) is 8.89. The molecule has 0 aromatic heterocycles. The first-order valence-corrected chi connectivity index (χ1v) is 12.0. The average Bonchev–Trinajstić information content (AvgIpc) is 2.67. The summed E-state index contributed by atoms with van der Waals surface area (Å²) in [4.78, 5) is 5.27. The zero-order valence-electron chi connectivity index (χ0n) is 19.2. The summed E-state index contributed by atoms with van der Waals surface area (Å²) in [6.45, 7) is 15.5. The largest absolute Gasteiger partial charge is 0.306 e. The highest BCUT2D eigenvalue weighted by Crippen LogP contribution is 2.21. The SMILES string of the molecule is CCCCC(CCC)CN(C)CC1CCN(CCC#CC(CC)CC)CC1. The molecule has 0 spiro atoms. The molecule has 27 heavy (non-hydrogen) atoms. The highest BCUT2D eigenvalue weighted by atomic mass is 15.1. The Labute approximate surface area is 171 Å². The van der Waals surface area contributed by atoms with E-state index in [1.807, 2.05) is 0 Å². The zero-order chi connectivity index (χ0) is 19.9. The Morgan fingerprint density at radius 1 is 1.00 bits per heavy atom. The molecule has 0 bridgehead atoms. The third-order valence-electron chi connectivity index (χ3n) is 6.35. The van der Waals surface area contributed by atoms with Gasteiger partial charge in [0.15, 0.2) is 0 Å². The summed E-state index contributed by atoms with van der Waals surface area (Å²) in [6, 6.07) is 0. The van der Waals surface area contributed by atoms with Gasteiger partial charge in [-0.15, -0.1) is 5.92 Å². The fourth-order valence-electron chi connectivity index (χ4n) is 4.50. The normalized spacial score (nSPS) is 17.3. The molecule has 0 aromatic rings. The lowest BCUT2D eigenvalue weighted by atomic mass is 9.94. The Balaban J connectivity index is 2.23. The fraction of sp³-hybridized carbons (Fsp3) is 0.920. The van der Waals surface area contributed by atoms with Crippen LogP contribution in [0.2, 0.25) is 0 Å². The smallest absolute Gasteiger partial charge is 0.0217 e. The van der Waals surface area contributed by atoms with Gasteiger partial charge in [0.1, 0.15) is 0 Å². The topological polar surface area (TPSA) is 6.48 Å². The zero-order valence-corrected chi connectivity index (χ0v) is 19.2. The van der Waals surface area contributed by atoms with Crippen LogP contribution in [-0.4, -0.2) is 49.6 Å². The summed E-state index contributed by atoms with van der Waals surface area (Å²) in [7, 11) is 2.36. The Kier molecular flexibility index (Phi) is 14.0. The minimum atomic E-state index is 0.611. The van der Waals surface area contributed by atoms with Crippen LogP contribution < -0.4 is 0 Å². The van der Waals surface area contributed by atoms with Gasteiger partial charge >= 0.3 is 0 Å². The summed E-state index contributed by atoms with van der Waals surface area (Å²) in [5.74, 6) is 9.30. The second-order valence-corrected chi connectivity index (χ2v) is 8.89. The molecule has 0 N–H and O–H groups in total. The molecule has 0 amide bonds. The number of hydrogen-bond donors (Lipinski definition) is 0. The predicted molar refractivity (Wildman–Crippen MR) is 121 cm³/mol. The van der Waals surface area contributed by atoms with Gasteiger partial charge in [-0.2, -0.15) is 0 Å². The van der Waals surface area contributed by atoms with Crippen molar-refractivity contribution in [3.05, 3.63) is 0 Å². The lowest BCUT2D eigenvalue weighted by Gasteiger charge is -2.34. The molecule has 1 aliphatic rings. The van der Waals surface area contributed by atoms with Gasteiger partial charge in [-0.25, -0.2) is 0 Å². The van der Waals surface area contributed by atoms with Gasteiger partial charge < -0.3 is 9.80 Å². The van der Waals surface area contributed by atoms with Crippen molar-refractivity contribution in [2.24, 2.45) is 17.8 Å². The van der Waals surface area contributed by atoms with Crippen molar-refractivity contribution in [3.8, 4) is 11.8 Å². The third-order valence-corrected chi connectivity index (χ3v) is 6.35. The second kappa shape index (κ2) is 15.4. The molecule has 1 aliphatic heterocycles. The van der Waals surface area contributed by atoms with E-state index in [-0.39, 0.29) is 0 Å². The molecule has 2 nitrogen and oxygen atoms in total. The Bertz CT molecular complexity index is 396. The van der Waals surface area contributed by atoms with Crippen molar-refractivity contribution in [2.45, 2.75) is 91.9 Å². The minimum absolute atomic E-state index is 0.611. The molecule has 0 saturated carbocycles. The molecule has 2 heteroatoms. The van der Waals surface area contributed by atoms with Gasteiger partial charge in [0.25, 0.3) is 0 Å². The van der Waals surface area contributed by atoms with Crippen molar-refractivity contribution in [3.63, 3.8) is 0 Å². The van der Waals surface area contributed by atoms with Crippen LogP contribution in [0.15, 0.2) is 0 Å². The highest BCUT2D eigenvalue weighted by Gasteiger charge is 2.21. The van der Waals surface area contributed by atoms with E-state index in [9.17, 15) is 0 Å². The quantitative estimate of drug-likeness (QED) is 0.360. The first-order valence-electron chi connectivity index (χ1n) is 12.0. The molecular weight excluding hydrogens is 328 g/mol. The number of hydrogen-bond acceptors (Lipinski definition) is 2. The van der Waals surface area contributed by atoms with Crippen LogP contribution in [0.4, 0.5) is 0 Å². The van der Waals surface area contributed by atoms with Crippen LogP contribution in [0.1, 0.15) is 91.9 Å². The van der Waals surface area contributed by atoms with Crippen LogP contribution in [0.25, 0.3) is 0 Å². The standard InChI is InChI=1S/C25H48N2/c1-6-10-14-24(13-7-2)21-26(5)22-25-16-19-27(20-17-25)18-12-11-15-23(8-3)9-4/h23-25H,6-10,12-14,16-22H2,1-5H3. The van der Waals surface area contributed by atoms with Crippen LogP contribution in [0, 0.1) is 29.6 Å². The van der Waals surface area contributed by atoms with E-state index in [0.29, 0.717) is 5.92 Å². The number of unbranched alkanes of at least 4 members (excludes halogenated alkanes) is 1. The number of nitrogens with zero attached hydrogens (tertiary/aromatic N) is 2. The molecule has 1 heterocycles. The lowest BCUT2D eigenvalue weighted by Crippen LogP contribution is -2.39. The molecule has 0 radical (unpaired) electrons. The molecule has 1 atom stereocenters. The van der Waals surface area contributed by atoms with Gasteiger partial charge in [0.05, 0.1) is 0 Å². The van der Waals surface area contributed by atoms with Crippen LogP contribution in [0.5, 0.6) is 0 Å². The van der Waals surface area contributed by atoms with Crippen LogP contribution in [0.3, 0.4) is 0 Å². The van der Waals surface area contributed by atoms with Crippen molar-refractivity contribution in [1.82, 2.24) is 9.80 Å². The summed E-state index contributed by atoms with van der Waals surface area (Å²) >= 11 is 0. The molecule has 0 aliphatic carbocycles. The van der Waals surface area contributed by atoms with Gasteiger partial charge in [-0.3, -0.25) is 0 Å². The van der Waals surface area contributed by atoms with E-state index >= 15 is 0 Å². The fourth-order valence-corrected chi connectivity index (χ4v) is 4.50. The van der Waals surface area contributed by atoms with Gasteiger partial charge in [-0.1, -0.05) is 52.9 Å². The van der Waals surface area contributed by atoms with Crippen molar-refractivity contribution in [2.75, 3.05) is 39.8 Å². The minimum Gasteiger partial charge on any atom is -0.306 e. The Morgan fingerprint density at radius 2 is 1.70 bits per heavy atom. The first-order chi connectivity index (χ1) is 13.1. The lowest BCUT2D eigenvalue weighted by molar-refractivity contribution is 0.146. The summed E-state index contributed by atoms with van der Waals surface area (Å²) in [5.41, 5.74) is 0.